The maximum atomic E-state index is 5.71. The van der Waals surface area contributed by atoms with Gasteiger partial charge in [0.2, 0.25) is 0 Å². The molecule has 0 amide bonds. The van der Waals surface area contributed by atoms with Crippen LogP contribution in [0.1, 0.15) is 43.2 Å². The van der Waals surface area contributed by atoms with Crippen molar-refractivity contribution >= 4 is 16.5 Å². The lowest BCUT2D eigenvalue weighted by molar-refractivity contribution is 0.414. The standard InChI is InChI=1S/C11H18N2S/c1-2-3-4-8-5-6-9-10(7-8)14-11(12)13-9/h8H,2-7H2,1H3,(H2,12,13)/t8-/m0/s1. The first kappa shape index (κ1) is 9.97. The first-order valence-corrected chi connectivity index (χ1v) is 6.35. The second-order valence-electron chi connectivity index (χ2n) is 4.17. The number of aromatic nitrogens is 1. The molecule has 1 aliphatic rings. The van der Waals surface area contributed by atoms with Gasteiger partial charge in [-0.1, -0.05) is 26.2 Å². The second kappa shape index (κ2) is 4.30. The third-order valence-corrected chi connectivity index (χ3v) is 3.97. The summed E-state index contributed by atoms with van der Waals surface area (Å²) in [6.45, 7) is 2.26. The number of anilines is 1. The predicted octanol–water partition coefficient (Wildman–Crippen LogP) is 3.02. The Bertz CT molecular complexity index is 306. The second-order valence-corrected chi connectivity index (χ2v) is 5.29. The van der Waals surface area contributed by atoms with E-state index < -0.39 is 0 Å². The molecule has 0 aromatic carbocycles. The van der Waals surface area contributed by atoms with Crippen LogP contribution in [0.4, 0.5) is 5.13 Å². The van der Waals surface area contributed by atoms with E-state index in [0.29, 0.717) is 0 Å². The minimum Gasteiger partial charge on any atom is -0.375 e. The van der Waals surface area contributed by atoms with Crippen molar-refractivity contribution in [1.82, 2.24) is 4.98 Å². The van der Waals surface area contributed by atoms with E-state index in [1.807, 2.05) is 0 Å². The van der Waals surface area contributed by atoms with Gasteiger partial charge in [0.15, 0.2) is 5.13 Å². The van der Waals surface area contributed by atoms with Crippen molar-refractivity contribution in [2.75, 3.05) is 5.73 Å². The van der Waals surface area contributed by atoms with Crippen LogP contribution in [-0.2, 0) is 12.8 Å². The molecule has 0 radical (unpaired) electrons. The molecule has 0 spiro atoms. The first-order valence-electron chi connectivity index (χ1n) is 5.53. The summed E-state index contributed by atoms with van der Waals surface area (Å²) in [4.78, 5) is 5.82. The highest BCUT2D eigenvalue weighted by Gasteiger charge is 2.21. The van der Waals surface area contributed by atoms with Gasteiger partial charge in [0.25, 0.3) is 0 Å². The monoisotopic (exact) mass is 210 g/mol. The van der Waals surface area contributed by atoms with Gasteiger partial charge in [-0.2, -0.15) is 0 Å². The number of hydrogen-bond acceptors (Lipinski definition) is 3. The van der Waals surface area contributed by atoms with E-state index in [0.717, 1.165) is 17.5 Å². The number of nitrogen functional groups attached to an aromatic ring is 1. The Labute approximate surface area is 89.5 Å². The minimum absolute atomic E-state index is 0.756. The van der Waals surface area contributed by atoms with Gasteiger partial charge < -0.3 is 5.73 Å². The van der Waals surface area contributed by atoms with Crippen LogP contribution >= 0.6 is 11.3 Å². The van der Waals surface area contributed by atoms with Crippen LogP contribution in [0.2, 0.25) is 0 Å². The minimum atomic E-state index is 0.756. The highest BCUT2D eigenvalue weighted by Crippen LogP contribution is 2.32. The van der Waals surface area contributed by atoms with Crippen molar-refractivity contribution in [2.45, 2.75) is 45.4 Å². The van der Waals surface area contributed by atoms with Crippen LogP contribution in [0.3, 0.4) is 0 Å². The van der Waals surface area contributed by atoms with Crippen molar-refractivity contribution in [3.8, 4) is 0 Å². The fraction of sp³-hybridized carbons (Fsp3) is 0.727. The van der Waals surface area contributed by atoms with Crippen LogP contribution in [-0.4, -0.2) is 4.98 Å². The van der Waals surface area contributed by atoms with Gasteiger partial charge >= 0.3 is 0 Å². The van der Waals surface area contributed by atoms with Crippen molar-refractivity contribution in [3.05, 3.63) is 10.6 Å². The van der Waals surface area contributed by atoms with Crippen molar-refractivity contribution < 1.29 is 0 Å². The zero-order valence-electron chi connectivity index (χ0n) is 8.75. The molecular weight excluding hydrogens is 192 g/mol. The first-order chi connectivity index (χ1) is 6.79. The fourth-order valence-corrected chi connectivity index (χ4v) is 3.20. The Hall–Kier alpha value is -0.570. The number of nitrogens with two attached hydrogens (primary N) is 1. The van der Waals surface area contributed by atoms with Crippen LogP contribution in [0, 0.1) is 5.92 Å². The lowest BCUT2D eigenvalue weighted by atomic mass is 9.87. The molecule has 2 rings (SSSR count). The van der Waals surface area contributed by atoms with Gasteiger partial charge in [0.1, 0.15) is 0 Å². The van der Waals surface area contributed by atoms with Gasteiger partial charge in [-0.05, 0) is 25.2 Å². The maximum absolute atomic E-state index is 5.71. The molecule has 2 nitrogen and oxygen atoms in total. The molecule has 0 unspecified atom stereocenters. The van der Waals surface area contributed by atoms with Crippen molar-refractivity contribution in [1.29, 1.82) is 0 Å². The molecule has 1 atom stereocenters. The Kier molecular flexibility index (Phi) is 3.06. The molecule has 1 heterocycles. The zero-order chi connectivity index (χ0) is 9.97. The molecule has 1 aromatic heterocycles. The molecule has 14 heavy (non-hydrogen) atoms. The van der Waals surface area contributed by atoms with Crippen LogP contribution in [0.25, 0.3) is 0 Å². The van der Waals surface area contributed by atoms with E-state index in [4.69, 9.17) is 5.73 Å². The van der Waals surface area contributed by atoms with Gasteiger partial charge in [0, 0.05) is 4.88 Å². The lowest BCUT2D eigenvalue weighted by Gasteiger charge is -2.20. The summed E-state index contributed by atoms with van der Waals surface area (Å²) in [5.41, 5.74) is 6.99. The van der Waals surface area contributed by atoms with E-state index in [1.54, 1.807) is 11.3 Å². The largest absolute Gasteiger partial charge is 0.375 e. The Morgan fingerprint density at radius 1 is 1.57 bits per heavy atom. The topological polar surface area (TPSA) is 38.9 Å². The van der Waals surface area contributed by atoms with Crippen molar-refractivity contribution in [3.63, 3.8) is 0 Å². The molecule has 2 N–H and O–H groups in total. The molecule has 0 saturated heterocycles. The lowest BCUT2D eigenvalue weighted by Crippen LogP contribution is -2.12. The highest BCUT2D eigenvalue weighted by molar-refractivity contribution is 7.15. The zero-order valence-corrected chi connectivity index (χ0v) is 9.57. The summed E-state index contributed by atoms with van der Waals surface area (Å²) < 4.78 is 0. The molecule has 1 aliphatic carbocycles. The van der Waals surface area contributed by atoms with E-state index in [-0.39, 0.29) is 0 Å². The number of fused-ring (bicyclic) bond motifs is 1. The molecule has 1 aromatic rings. The summed E-state index contributed by atoms with van der Waals surface area (Å²) in [7, 11) is 0. The highest BCUT2D eigenvalue weighted by atomic mass is 32.1. The van der Waals surface area contributed by atoms with E-state index in [2.05, 4.69) is 11.9 Å². The molecule has 3 heteroatoms. The summed E-state index contributed by atoms with van der Waals surface area (Å²) in [6, 6.07) is 0. The number of unbranched alkanes of at least 4 members (excludes halogenated alkanes) is 1. The van der Waals surface area contributed by atoms with E-state index >= 15 is 0 Å². The average Bonchev–Trinajstić information content (AvgIpc) is 2.54. The third kappa shape index (κ3) is 2.08. The average molecular weight is 210 g/mol. The summed E-state index contributed by atoms with van der Waals surface area (Å²) >= 11 is 1.69. The number of nitrogens with zero attached hydrogens (tertiary/aromatic N) is 1. The van der Waals surface area contributed by atoms with Gasteiger partial charge in [0.05, 0.1) is 5.69 Å². The predicted molar refractivity (Wildman–Crippen MR) is 61.6 cm³/mol. The Morgan fingerprint density at radius 2 is 2.43 bits per heavy atom. The molecule has 0 bridgehead atoms. The van der Waals surface area contributed by atoms with Gasteiger partial charge in [-0.15, -0.1) is 11.3 Å². The third-order valence-electron chi connectivity index (χ3n) is 3.02. The maximum Gasteiger partial charge on any atom is 0.180 e. The molecule has 0 saturated carbocycles. The normalized spacial score (nSPS) is 20.8. The smallest absolute Gasteiger partial charge is 0.180 e. The number of thiazole rings is 1. The molecular formula is C11H18N2S. The number of hydrogen-bond donors (Lipinski definition) is 1. The summed E-state index contributed by atoms with van der Waals surface area (Å²) in [5, 5.41) is 0.756. The van der Waals surface area contributed by atoms with Crippen LogP contribution < -0.4 is 5.73 Å². The van der Waals surface area contributed by atoms with Gasteiger partial charge in [-0.3, -0.25) is 0 Å². The Balaban J connectivity index is 1.98. The van der Waals surface area contributed by atoms with Crippen LogP contribution in [0.15, 0.2) is 0 Å². The number of rotatable bonds is 3. The number of aryl methyl sites for hydroxylation is 1. The van der Waals surface area contributed by atoms with E-state index in [1.165, 1.54) is 42.7 Å². The quantitative estimate of drug-likeness (QED) is 0.833. The fourth-order valence-electron chi connectivity index (χ4n) is 2.20. The molecule has 78 valence electrons. The SMILES string of the molecule is CCCC[C@H]1CCc2nc(N)sc2C1. The molecule has 0 aliphatic heterocycles. The molecule has 0 fully saturated rings. The Morgan fingerprint density at radius 3 is 3.21 bits per heavy atom. The summed E-state index contributed by atoms with van der Waals surface area (Å²) in [6.07, 6.45) is 7.76. The summed E-state index contributed by atoms with van der Waals surface area (Å²) in [5.74, 6) is 0.891. The van der Waals surface area contributed by atoms with Gasteiger partial charge in [-0.25, -0.2) is 4.98 Å². The van der Waals surface area contributed by atoms with Crippen LogP contribution in [0.5, 0.6) is 0 Å². The van der Waals surface area contributed by atoms with E-state index in [9.17, 15) is 0 Å². The van der Waals surface area contributed by atoms with Crippen molar-refractivity contribution in [2.24, 2.45) is 5.92 Å².